The van der Waals surface area contributed by atoms with Crippen molar-refractivity contribution >= 4 is 61.5 Å². The first-order chi connectivity index (χ1) is 10.7. The Balaban J connectivity index is 2.54. The van der Waals surface area contributed by atoms with Crippen LogP contribution in [0.25, 0.3) is 0 Å². The molecule has 0 heterocycles. The highest BCUT2D eigenvalue weighted by Crippen LogP contribution is 2.30. The number of carbonyl (C=O) groups is 1. The molecule has 0 aliphatic carbocycles. The first-order valence-electron chi connectivity index (χ1n) is 6.06. The third kappa shape index (κ3) is 4.12. The molecule has 0 aliphatic rings. The van der Waals surface area contributed by atoms with E-state index in [2.05, 4.69) is 27.9 Å². The van der Waals surface area contributed by atoms with Crippen molar-refractivity contribution in [1.29, 1.82) is 0 Å². The number of amides is 1. The molecule has 0 aromatic heterocycles. The highest BCUT2D eigenvalue weighted by molar-refractivity contribution is 14.1. The molecule has 0 radical (unpaired) electrons. The number of benzene rings is 2. The SMILES string of the molecule is NC(=O)c1ccc(S(=O)(=O)NO)cc1Nc1ccc(I)cc1Cl. The second-order valence-electron chi connectivity index (χ2n) is 4.42. The van der Waals surface area contributed by atoms with Crippen LogP contribution in [0.4, 0.5) is 11.4 Å². The van der Waals surface area contributed by atoms with E-state index in [0.717, 1.165) is 9.64 Å². The van der Waals surface area contributed by atoms with Gasteiger partial charge in [-0.25, -0.2) is 8.42 Å². The Morgan fingerprint density at radius 1 is 1.17 bits per heavy atom. The van der Waals surface area contributed by atoms with Crippen molar-refractivity contribution in [1.82, 2.24) is 4.89 Å². The van der Waals surface area contributed by atoms with Gasteiger partial charge in [-0.2, -0.15) is 0 Å². The lowest BCUT2D eigenvalue weighted by Crippen LogP contribution is -2.20. The van der Waals surface area contributed by atoms with Gasteiger partial charge in [0.1, 0.15) is 0 Å². The number of carbonyl (C=O) groups excluding carboxylic acids is 1. The van der Waals surface area contributed by atoms with Crippen LogP contribution >= 0.6 is 34.2 Å². The number of halogens is 2. The molecule has 10 heteroatoms. The van der Waals surface area contributed by atoms with Crippen molar-refractivity contribution in [2.75, 3.05) is 5.32 Å². The van der Waals surface area contributed by atoms with Gasteiger partial charge in [-0.1, -0.05) is 16.5 Å². The molecule has 0 atom stereocenters. The highest BCUT2D eigenvalue weighted by atomic mass is 127. The number of nitrogens with two attached hydrogens (primary N) is 1. The zero-order chi connectivity index (χ0) is 17.2. The first-order valence-corrected chi connectivity index (χ1v) is 9.00. The maximum atomic E-state index is 11.7. The minimum Gasteiger partial charge on any atom is -0.366 e. The second kappa shape index (κ2) is 7.01. The van der Waals surface area contributed by atoms with Crippen LogP contribution < -0.4 is 15.9 Å². The molecule has 0 spiro atoms. The van der Waals surface area contributed by atoms with Crippen LogP contribution in [0.5, 0.6) is 0 Å². The first kappa shape index (κ1) is 17.9. The number of hydrogen-bond donors (Lipinski definition) is 4. The molecule has 2 aromatic carbocycles. The zero-order valence-corrected chi connectivity index (χ0v) is 15.1. The van der Waals surface area contributed by atoms with Gasteiger partial charge in [-0.3, -0.25) is 4.79 Å². The van der Waals surface area contributed by atoms with E-state index in [4.69, 9.17) is 22.5 Å². The Morgan fingerprint density at radius 2 is 1.87 bits per heavy atom. The van der Waals surface area contributed by atoms with Crippen LogP contribution in [0.3, 0.4) is 0 Å². The summed E-state index contributed by atoms with van der Waals surface area (Å²) in [6.07, 6.45) is 0. The van der Waals surface area contributed by atoms with Crippen LogP contribution in [0.15, 0.2) is 41.3 Å². The molecule has 2 rings (SSSR count). The fourth-order valence-corrected chi connectivity index (χ4v) is 3.33. The van der Waals surface area contributed by atoms with Gasteiger partial charge in [0.25, 0.3) is 15.9 Å². The number of anilines is 2. The number of primary amides is 1. The molecule has 1 amide bonds. The predicted octanol–water partition coefficient (Wildman–Crippen LogP) is 2.45. The number of hydrogen-bond acceptors (Lipinski definition) is 5. The van der Waals surface area contributed by atoms with E-state index >= 15 is 0 Å². The molecule has 0 bridgehead atoms. The van der Waals surface area contributed by atoms with Gasteiger partial charge in [0.05, 0.1) is 26.9 Å². The molecule has 0 saturated carbocycles. The van der Waals surface area contributed by atoms with E-state index < -0.39 is 15.9 Å². The van der Waals surface area contributed by atoms with Gasteiger partial charge in [0, 0.05) is 3.57 Å². The zero-order valence-electron chi connectivity index (χ0n) is 11.4. The number of nitrogens with one attached hydrogen (secondary N) is 2. The average Bonchev–Trinajstić information content (AvgIpc) is 2.49. The summed E-state index contributed by atoms with van der Waals surface area (Å²) in [5.41, 5.74) is 6.00. The van der Waals surface area contributed by atoms with E-state index in [-0.39, 0.29) is 16.1 Å². The Hall–Kier alpha value is -1.40. The van der Waals surface area contributed by atoms with Crippen LogP contribution in [-0.4, -0.2) is 19.5 Å². The van der Waals surface area contributed by atoms with Gasteiger partial charge < -0.3 is 16.3 Å². The molecular weight excluding hydrogens is 457 g/mol. The monoisotopic (exact) mass is 467 g/mol. The topological polar surface area (TPSA) is 122 Å². The van der Waals surface area contributed by atoms with Gasteiger partial charge >= 0.3 is 0 Å². The second-order valence-corrected chi connectivity index (χ2v) is 7.73. The molecule has 23 heavy (non-hydrogen) atoms. The van der Waals surface area contributed by atoms with Crippen LogP contribution in [0, 0.1) is 3.57 Å². The van der Waals surface area contributed by atoms with E-state index in [0.29, 0.717) is 10.7 Å². The Labute approximate surface area is 151 Å². The summed E-state index contributed by atoms with van der Waals surface area (Å²) >= 11 is 8.20. The van der Waals surface area contributed by atoms with Crippen molar-refractivity contribution in [3.8, 4) is 0 Å². The number of rotatable bonds is 5. The minimum absolute atomic E-state index is 0.0801. The van der Waals surface area contributed by atoms with E-state index in [1.54, 1.807) is 18.2 Å². The van der Waals surface area contributed by atoms with Crippen LogP contribution in [-0.2, 0) is 10.0 Å². The molecule has 7 nitrogen and oxygen atoms in total. The molecule has 0 fully saturated rings. The summed E-state index contributed by atoms with van der Waals surface area (Å²) in [5.74, 6) is -0.741. The minimum atomic E-state index is -4.09. The lowest BCUT2D eigenvalue weighted by atomic mass is 10.1. The average molecular weight is 468 g/mol. The van der Waals surface area contributed by atoms with Crippen LogP contribution in [0.2, 0.25) is 5.02 Å². The van der Waals surface area contributed by atoms with Crippen LogP contribution in [0.1, 0.15) is 10.4 Å². The Bertz CT molecular complexity index is 874. The van der Waals surface area contributed by atoms with Gasteiger partial charge in [0.15, 0.2) is 0 Å². The van der Waals surface area contributed by atoms with Crippen molar-refractivity contribution in [3.05, 3.63) is 50.6 Å². The smallest absolute Gasteiger partial charge is 0.262 e. The predicted molar refractivity (Wildman–Crippen MR) is 94.5 cm³/mol. The van der Waals surface area contributed by atoms with E-state index in [1.165, 1.54) is 17.0 Å². The van der Waals surface area contributed by atoms with E-state index in [1.807, 2.05) is 0 Å². The fourth-order valence-electron chi connectivity index (χ4n) is 1.80. The largest absolute Gasteiger partial charge is 0.366 e. The van der Waals surface area contributed by atoms with Crippen molar-refractivity contribution in [3.63, 3.8) is 0 Å². The summed E-state index contributed by atoms with van der Waals surface area (Å²) in [4.78, 5) is 12.5. The summed E-state index contributed by atoms with van der Waals surface area (Å²) in [6, 6.07) is 8.74. The van der Waals surface area contributed by atoms with Gasteiger partial charge in [-0.15, -0.1) is 0 Å². The molecule has 0 aliphatic heterocycles. The standard InChI is InChI=1S/C13H11ClIN3O4S/c14-10-5-7(15)1-4-11(10)17-12-6-8(23(21,22)18-20)2-3-9(12)13(16)19/h1-6,17-18,20H,(H2,16,19). The molecule has 0 saturated heterocycles. The maximum absolute atomic E-state index is 11.7. The maximum Gasteiger partial charge on any atom is 0.262 e. The van der Waals surface area contributed by atoms with Crippen molar-refractivity contribution in [2.24, 2.45) is 5.73 Å². The fraction of sp³-hybridized carbons (Fsp3) is 0. The van der Waals surface area contributed by atoms with Gasteiger partial charge in [-0.05, 0) is 59.0 Å². The molecule has 122 valence electrons. The quantitative estimate of drug-likeness (QED) is 0.397. The highest BCUT2D eigenvalue weighted by Gasteiger charge is 2.17. The Morgan fingerprint density at radius 3 is 2.43 bits per heavy atom. The summed E-state index contributed by atoms with van der Waals surface area (Å²) < 4.78 is 24.2. The Kier molecular flexibility index (Phi) is 5.47. The summed E-state index contributed by atoms with van der Waals surface area (Å²) in [6.45, 7) is 0. The molecule has 0 unspecified atom stereocenters. The molecular formula is C13H11ClIN3O4S. The lowest BCUT2D eigenvalue weighted by molar-refractivity contribution is 0.100. The lowest BCUT2D eigenvalue weighted by Gasteiger charge is -2.13. The third-order valence-corrected chi connectivity index (χ3v) is 4.99. The molecule has 2 aromatic rings. The number of sulfonamides is 1. The summed E-state index contributed by atoms with van der Waals surface area (Å²) in [7, 11) is -4.09. The van der Waals surface area contributed by atoms with E-state index in [9.17, 15) is 13.2 Å². The molecule has 5 N–H and O–H groups in total. The van der Waals surface area contributed by atoms with Gasteiger partial charge in [0.2, 0.25) is 0 Å². The summed E-state index contributed by atoms with van der Waals surface area (Å²) in [5, 5.41) is 12.0. The van der Waals surface area contributed by atoms with Crippen molar-refractivity contribution in [2.45, 2.75) is 4.90 Å². The van der Waals surface area contributed by atoms with Crippen molar-refractivity contribution < 1.29 is 18.4 Å². The normalized spacial score (nSPS) is 11.3. The third-order valence-electron chi connectivity index (χ3n) is 2.89.